The lowest BCUT2D eigenvalue weighted by atomic mass is 10.1. The van der Waals surface area contributed by atoms with Crippen molar-refractivity contribution in [3.8, 4) is 11.5 Å². The van der Waals surface area contributed by atoms with Crippen molar-refractivity contribution in [2.24, 2.45) is 0 Å². The van der Waals surface area contributed by atoms with Crippen LogP contribution in [0.2, 0.25) is 5.02 Å². The Bertz CT molecular complexity index is 1260. The Kier molecular flexibility index (Phi) is 7.80. The topological polar surface area (TPSA) is 122 Å². The van der Waals surface area contributed by atoms with E-state index in [0.29, 0.717) is 48.0 Å². The van der Waals surface area contributed by atoms with Gasteiger partial charge in [-0.25, -0.2) is 23.4 Å². The van der Waals surface area contributed by atoms with Crippen LogP contribution in [0.25, 0.3) is 11.5 Å². The molecule has 4 heterocycles. The molecule has 188 valence electrons. The molecule has 0 unspecified atom stereocenters. The minimum atomic E-state index is -3.66. The van der Waals surface area contributed by atoms with Crippen molar-refractivity contribution in [2.75, 3.05) is 19.8 Å². The van der Waals surface area contributed by atoms with Crippen molar-refractivity contribution in [3.63, 3.8) is 0 Å². The minimum Gasteiger partial charge on any atom is -0.376 e. The maximum Gasteiger partial charge on any atom is 0.182 e. The van der Waals surface area contributed by atoms with Crippen LogP contribution in [0.1, 0.15) is 50.1 Å². The first-order valence-corrected chi connectivity index (χ1v) is 13.5. The third-order valence-corrected chi connectivity index (χ3v) is 8.72. The van der Waals surface area contributed by atoms with E-state index in [0.717, 1.165) is 5.69 Å². The molecule has 0 bridgehead atoms. The molecule has 0 radical (unpaired) electrons. The molecule has 0 aromatic carbocycles. The molecule has 3 aromatic heterocycles. The fraction of sp³-hybridized carbons (Fsp3) is 0.522. The maximum atomic E-state index is 13.5. The predicted molar refractivity (Wildman–Crippen MR) is 131 cm³/mol. The Hall–Kier alpha value is -2.47. The van der Waals surface area contributed by atoms with Crippen LogP contribution >= 0.6 is 11.6 Å². The molecule has 1 fully saturated rings. The van der Waals surface area contributed by atoms with Gasteiger partial charge in [0.1, 0.15) is 29.2 Å². The number of pyridine rings is 1. The molecule has 1 saturated heterocycles. The lowest BCUT2D eigenvalue weighted by Gasteiger charge is -2.30. The fourth-order valence-electron chi connectivity index (χ4n) is 4.03. The molecule has 1 aliphatic rings. The van der Waals surface area contributed by atoms with Gasteiger partial charge >= 0.3 is 0 Å². The highest BCUT2D eigenvalue weighted by Crippen LogP contribution is 2.29. The average molecular weight is 521 g/mol. The lowest BCUT2D eigenvalue weighted by Crippen LogP contribution is -2.36. The van der Waals surface area contributed by atoms with Crippen molar-refractivity contribution >= 4 is 21.4 Å². The third kappa shape index (κ3) is 5.69. The van der Waals surface area contributed by atoms with Crippen LogP contribution in [0.3, 0.4) is 0 Å². The van der Waals surface area contributed by atoms with Gasteiger partial charge in [0, 0.05) is 24.0 Å². The predicted octanol–water partition coefficient (Wildman–Crippen LogP) is 3.18. The largest absolute Gasteiger partial charge is 0.376 e. The molecular weight excluding hydrogens is 492 g/mol. The summed E-state index contributed by atoms with van der Waals surface area (Å²) in [7, 11) is -3.66. The number of hydrogen-bond donors (Lipinski definition) is 0. The summed E-state index contributed by atoms with van der Waals surface area (Å²) in [6.45, 7) is 8.68. The zero-order chi connectivity index (χ0) is 25.2. The SMILES string of the molecule is Cc1cccc(-c2nnc(CS(=O)(=O)[C@@H](C)[C@H](C)c3ncc(Cl)cn3)n2[C@@H](C)[C@H]2COCCO2)n1. The smallest absolute Gasteiger partial charge is 0.182 e. The monoisotopic (exact) mass is 520 g/mol. The van der Waals surface area contributed by atoms with Crippen LogP contribution in [-0.4, -0.2) is 69.3 Å². The summed E-state index contributed by atoms with van der Waals surface area (Å²) in [4.78, 5) is 13.0. The Morgan fingerprint density at radius 2 is 1.89 bits per heavy atom. The summed E-state index contributed by atoms with van der Waals surface area (Å²) < 4.78 is 40.3. The molecule has 4 atom stereocenters. The van der Waals surface area contributed by atoms with E-state index in [1.807, 2.05) is 36.6 Å². The molecule has 0 aliphatic carbocycles. The van der Waals surface area contributed by atoms with Gasteiger partial charge in [0.15, 0.2) is 15.7 Å². The molecule has 0 amide bonds. The van der Waals surface area contributed by atoms with Crippen LogP contribution in [0.15, 0.2) is 30.6 Å². The molecule has 3 aromatic rings. The summed E-state index contributed by atoms with van der Waals surface area (Å²) in [5, 5.41) is 8.28. The van der Waals surface area contributed by atoms with Gasteiger partial charge in [-0.3, -0.25) is 0 Å². The van der Waals surface area contributed by atoms with Gasteiger partial charge in [-0.05, 0) is 32.9 Å². The molecule has 0 spiro atoms. The van der Waals surface area contributed by atoms with Crippen molar-refractivity contribution in [2.45, 2.75) is 56.8 Å². The van der Waals surface area contributed by atoms with E-state index in [-0.39, 0.29) is 17.9 Å². The number of aryl methyl sites for hydroxylation is 1. The maximum absolute atomic E-state index is 13.5. The molecule has 0 saturated carbocycles. The molecule has 12 heteroatoms. The van der Waals surface area contributed by atoms with E-state index in [1.165, 1.54) is 12.4 Å². The Morgan fingerprint density at radius 1 is 1.14 bits per heavy atom. The van der Waals surface area contributed by atoms with Crippen LogP contribution < -0.4 is 0 Å². The van der Waals surface area contributed by atoms with E-state index >= 15 is 0 Å². The summed E-state index contributed by atoms with van der Waals surface area (Å²) in [6.07, 6.45) is 2.65. The first-order valence-electron chi connectivity index (χ1n) is 11.4. The number of hydrogen-bond acceptors (Lipinski definition) is 9. The number of ether oxygens (including phenoxy) is 2. The van der Waals surface area contributed by atoms with Gasteiger partial charge in [0.2, 0.25) is 0 Å². The van der Waals surface area contributed by atoms with Gasteiger partial charge in [-0.2, -0.15) is 0 Å². The molecule has 10 nitrogen and oxygen atoms in total. The van der Waals surface area contributed by atoms with E-state index in [2.05, 4.69) is 25.1 Å². The van der Waals surface area contributed by atoms with Gasteiger partial charge in [-0.15, -0.1) is 10.2 Å². The van der Waals surface area contributed by atoms with Crippen LogP contribution in [0, 0.1) is 6.92 Å². The normalized spacial score (nSPS) is 19.3. The first kappa shape index (κ1) is 25.6. The molecule has 4 rings (SSSR count). The number of nitrogens with zero attached hydrogens (tertiary/aromatic N) is 6. The van der Waals surface area contributed by atoms with Gasteiger partial charge in [0.05, 0.1) is 36.1 Å². The van der Waals surface area contributed by atoms with Crippen LogP contribution in [0.4, 0.5) is 0 Å². The van der Waals surface area contributed by atoms with E-state index in [1.54, 1.807) is 13.8 Å². The van der Waals surface area contributed by atoms with Gasteiger partial charge in [0.25, 0.3) is 0 Å². The number of aromatic nitrogens is 6. The number of halogens is 1. The van der Waals surface area contributed by atoms with Crippen molar-refractivity contribution in [1.29, 1.82) is 0 Å². The zero-order valence-corrected chi connectivity index (χ0v) is 21.7. The van der Waals surface area contributed by atoms with Crippen LogP contribution in [0.5, 0.6) is 0 Å². The Labute approximate surface area is 210 Å². The Morgan fingerprint density at radius 3 is 2.54 bits per heavy atom. The molecule has 1 aliphatic heterocycles. The van der Waals surface area contributed by atoms with E-state index in [9.17, 15) is 8.42 Å². The van der Waals surface area contributed by atoms with E-state index in [4.69, 9.17) is 21.1 Å². The lowest BCUT2D eigenvalue weighted by molar-refractivity contribution is -0.105. The minimum absolute atomic E-state index is 0.274. The van der Waals surface area contributed by atoms with Crippen LogP contribution in [-0.2, 0) is 25.1 Å². The average Bonchev–Trinajstić information content (AvgIpc) is 3.26. The summed E-state index contributed by atoms with van der Waals surface area (Å²) in [5.41, 5.74) is 1.43. The highest BCUT2D eigenvalue weighted by Gasteiger charge is 2.34. The molecular formula is C23H29ClN6O4S. The quantitative estimate of drug-likeness (QED) is 0.440. The second-order valence-electron chi connectivity index (χ2n) is 8.76. The first-order chi connectivity index (χ1) is 16.7. The highest BCUT2D eigenvalue weighted by molar-refractivity contribution is 7.91. The summed E-state index contributed by atoms with van der Waals surface area (Å²) in [5.74, 6) is 0.475. The zero-order valence-electron chi connectivity index (χ0n) is 20.1. The third-order valence-electron chi connectivity index (χ3n) is 6.32. The molecule has 35 heavy (non-hydrogen) atoms. The van der Waals surface area contributed by atoms with Crippen molar-refractivity contribution in [3.05, 3.63) is 53.0 Å². The number of rotatable bonds is 8. The Balaban J connectivity index is 1.68. The van der Waals surface area contributed by atoms with Gasteiger partial charge in [-0.1, -0.05) is 24.6 Å². The van der Waals surface area contributed by atoms with Gasteiger partial charge < -0.3 is 14.0 Å². The standard InChI is InChI=1S/C23H29ClN6O4S/c1-14-6-5-7-19(27-14)23-29-28-21(30(23)16(3)20-12-33-8-9-34-20)13-35(31,32)17(4)15(2)22-25-10-18(24)11-26-22/h5-7,10-11,15-17,20H,8-9,12-13H2,1-4H3/t15-,16-,17-,20+/m0/s1. The summed E-state index contributed by atoms with van der Waals surface area (Å²) >= 11 is 5.88. The highest BCUT2D eigenvalue weighted by atomic mass is 35.5. The second kappa shape index (κ2) is 10.7. The van der Waals surface area contributed by atoms with E-state index < -0.39 is 21.0 Å². The fourth-order valence-corrected chi connectivity index (χ4v) is 5.69. The summed E-state index contributed by atoms with van der Waals surface area (Å²) in [6, 6.07) is 5.33. The number of sulfone groups is 1. The van der Waals surface area contributed by atoms with Crippen molar-refractivity contribution < 1.29 is 17.9 Å². The van der Waals surface area contributed by atoms with Crippen molar-refractivity contribution in [1.82, 2.24) is 29.7 Å². The molecule has 0 N–H and O–H groups in total. The second-order valence-corrected chi connectivity index (χ2v) is 11.6.